The van der Waals surface area contributed by atoms with Crippen molar-refractivity contribution in [2.75, 3.05) is 11.4 Å². The van der Waals surface area contributed by atoms with Gasteiger partial charge < -0.3 is 10.6 Å². The lowest BCUT2D eigenvalue weighted by Gasteiger charge is -2.38. The van der Waals surface area contributed by atoms with Crippen molar-refractivity contribution in [1.29, 1.82) is 0 Å². The first kappa shape index (κ1) is 16.4. The zero-order valence-corrected chi connectivity index (χ0v) is 14.8. The fraction of sp³-hybridized carbons (Fsp3) is 0.389. The molecule has 1 aliphatic rings. The Morgan fingerprint density at radius 1 is 1.23 bits per heavy atom. The van der Waals surface area contributed by atoms with Crippen molar-refractivity contribution < 1.29 is 4.79 Å². The minimum absolute atomic E-state index is 0.173. The van der Waals surface area contributed by atoms with Gasteiger partial charge in [-0.1, -0.05) is 6.92 Å². The predicted octanol–water partition coefficient (Wildman–Crippen LogP) is 1.91. The number of hydrogen-bond donors (Lipinski definition) is 1. The fourth-order valence-electron chi connectivity index (χ4n) is 3.47. The zero-order valence-electron chi connectivity index (χ0n) is 14.8. The van der Waals surface area contributed by atoms with Crippen LogP contribution < -0.4 is 10.6 Å². The van der Waals surface area contributed by atoms with Gasteiger partial charge >= 0.3 is 0 Å². The van der Waals surface area contributed by atoms with E-state index in [9.17, 15) is 4.79 Å². The summed E-state index contributed by atoms with van der Waals surface area (Å²) in [6, 6.07) is 2.37. The fourth-order valence-corrected chi connectivity index (χ4v) is 3.47. The van der Waals surface area contributed by atoms with Crippen LogP contribution in [0, 0.1) is 5.92 Å². The van der Waals surface area contributed by atoms with Crippen LogP contribution in [0.15, 0.2) is 30.9 Å². The van der Waals surface area contributed by atoms with E-state index < -0.39 is 5.91 Å². The number of primary amides is 1. The van der Waals surface area contributed by atoms with Crippen molar-refractivity contribution >= 4 is 17.4 Å². The number of hydrogen-bond acceptors (Lipinski definition) is 6. The smallest absolute Gasteiger partial charge is 0.268 e. The highest BCUT2D eigenvalue weighted by Crippen LogP contribution is 2.28. The molecule has 3 aromatic rings. The zero-order chi connectivity index (χ0) is 18.3. The van der Waals surface area contributed by atoms with Crippen LogP contribution in [0.5, 0.6) is 0 Å². The Hall–Kier alpha value is -3.03. The van der Waals surface area contributed by atoms with Crippen molar-refractivity contribution in [3.05, 3.63) is 36.5 Å². The summed E-state index contributed by atoms with van der Waals surface area (Å²) in [6.07, 6.45) is 8.94. The molecule has 1 aliphatic heterocycles. The van der Waals surface area contributed by atoms with Gasteiger partial charge in [0.2, 0.25) is 0 Å². The second-order valence-corrected chi connectivity index (χ2v) is 6.80. The van der Waals surface area contributed by atoms with Gasteiger partial charge in [-0.15, -0.1) is 0 Å². The lowest BCUT2D eigenvalue weighted by atomic mass is 9.92. The van der Waals surface area contributed by atoms with E-state index in [1.807, 2.05) is 6.07 Å². The van der Waals surface area contributed by atoms with Gasteiger partial charge in [0.15, 0.2) is 11.5 Å². The summed E-state index contributed by atoms with van der Waals surface area (Å²) in [5.41, 5.74) is 6.82. The van der Waals surface area contributed by atoms with Crippen molar-refractivity contribution in [2.45, 2.75) is 32.7 Å². The summed E-state index contributed by atoms with van der Waals surface area (Å²) in [5.74, 6) is 1.51. The number of nitrogens with zero attached hydrogens (tertiary/aromatic N) is 6. The minimum atomic E-state index is -0.586. The van der Waals surface area contributed by atoms with Crippen molar-refractivity contribution in [3.63, 3.8) is 0 Å². The molecule has 4 heterocycles. The molecule has 2 unspecified atom stereocenters. The first-order valence-corrected chi connectivity index (χ1v) is 8.77. The number of carbonyl (C=O) groups excluding carboxylic acids is 1. The number of carbonyl (C=O) groups is 1. The monoisotopic (exact) mass is 351 g/mol. The van der Waals surface area contributed by atoms with Crippen LogP contribution in [-0.2, 0) is 0 Å². The maximum atomic E-state index is 11.4. The molecule has 2 N–H and O–H groups in total. The average Bonchev–Trinajstić information content (AvgIpc) is 3.07. The van der Waals surface area contributed by atoms with E-state index in [-0.39, 0.29) is 5.69 Å². The van der Waals surface area contributed by atoms with Gasteiger partial charge in [0.1, 0.15) is 17.2 Å². The summed E-state index contributed by atoms with van der Waals surface area (Å²) in [6.45, 7) is 5.51. The SMILES string of the molecule is CC1CCCN(c2ccnc(-c3cnc4cnc(C(N)=O)cn34)n2)C1C. The largest absolute Gasteiger partial charge is 0.364 e. The third-order valence-electron chi connectivity index (χ3n) is 5.19. The lowest BCUT2D eigenvalue weighted by Crippen LogP contribution is -2.42. The molecule has 8 heteroatoms. The molecule has 0 saturated carbocycles. The van der Waals surface area contributed by atoms with Gasteiger partial charge in [-0.3, -0.25) is 9.20 Å². The molecule has 2 atom stereocenters. The third-order valence-corrected chi connectivity index (χ3v) is 5.19. The Balaban J connectivity index is 1.76. The number of imidazole rings is 1. The highest BCUT2D eigenvalue weighted by atomic mass is 16.1. The van der Waals surface area contributed by atoms with E-state index in [1.54, 1.807) is 23.0 Å². The molecule has 0 aromatic carbocycles. The summed E-state index contributed by atoms with van der Waals surface area (Å²) >= 11 is 0. The Bertz CT molecular complexity index is 967. The second kappa shape index (κ2) is 6.36. The molecular weight excluding hydrogens is 330 g/mol. The Kier molecular flexibility index (Phi) is 4.02. The van der Waals surface area contributed by atoms with Crippen LogP contribution >= 0.6 is 0 Å². The number of amides is 1. The molecule has 26 heavy (non-hydrogen) atoms. The highest BCUT2D eigenvalue weighted by molar-refractivity contribution is 5.90. The Morgan fingerprint density at radius 2 is 2.08 bits per heavy atom. The van der Waals surface area contributed by atoms with E-state index in [0.717, 1.165) is 18.8 Å². The molecule has 0 aliphatic carbocycles. The summed E-state index contributed by atoms with van der Waals surface area (Å²) in [5, 5.41) is 0. The van der Waals surface area contributed by atoms with Crippen LogP contribution in [0.3, 0.4) is 0 Å². The first-order chi connectivity index (χ1) is 12.5. The van der Waals surface area contributed by atoms with Crippen LogP contribution in [0.25, 0.3) is 17.2 Å². The van der Waals surface area contributed by atoms with Crippen molar-refractivity contribution in [2.24, 2.45) is 11.7 Å². The van der Waals surface area contributed by atoms with Gasteiger partial charge in [-0.05, 0) is 31.7 Å². The molecule has 0 radical (unpaired) electrons. The highest BCUT2D eigenvalue weighted by Gasteiger charge is 2.26. The van der Waals surface area contributed by atoms with Crippen LogP contribution in [0.4, 0.5) is 5.82 Å². The molecular formula is C18H21N7O. The summed E-state index contributed by atoms with van der Waals surface area (Å²) in [7, 11) is 0. The molecule has 1 fully saturated rings. The molecule has 3 aromatic heterocycles. The van der Waals surface area contributed by atoms with E-state index in [4.69, 9.17) is 10.7 Å². The molecule has 0 spiro atoms. The first-order valence-electron chi connectivity index (χ1n) is 8.77. The van der Waals surface area contributed by atoms with E-state index in [0.29, 0.717) is 29.1 Å². The van der Waals surface area contributed by atoms with Crippen molar-refractivity contribution in [1.82, 2.24) is 24.3 Å². The van der Waals surface area contributed by atoms with E-state index in [2.05, 4.69) is 33.7 Å². The molecule has 1 saturated heterocycles. The minimum Gasteiger partial charge on any atom is -0.364 e. The Labute approximate surface area is 151 Å². The van der Waals surface area contributed by atoms with Gasteiger partial charge in [0, 0.05) is 25.0 Å². The number of anilines is 1. The molecule has 134 valence electrons. The third kappa shape index (κ3) is 2.77. The van der Waals surface area contributed by atoms with Crippen LogP contribution in [-0.4, -0.2) is 42.8 Å². The maximum absolute atomic E-state index is 11.4. The maximum Gasteiger partial charge on any atom is 0.268 e. The summed E-state index contributed by atoms with van der Waals surface area (Å²) < 4.78 is 1.74. The van der Waals surface area contributed by atoms with E-state index >= 15 is 0 Å². The van der Waals surface area contributed by atoms with E-state index in [1.165, 1.54) is 12.6 Å². The number of fused-ring (bicyclic) bond motifs is 1. The molecule has 4 rings (SSSR count). The number of rotatable bonds is 3. The quantitative estimate of drug-likeness (QED) is 0.773. The summed E-state index contributed by atoms with van der Waals surface area (Å²) in [4.78, 5) is 31.3. The van der Waals surface area contributed by atoms with Gasteiger partial charge in [-0.25, -0.2) is 19.9 Å². The lowest BCUT2D eigenvalue weighted by molar-refractivity contribution is 0.0995. The predicted molar refractivity (Wildman–Crippen MR) is 97.7 cm³/mol. The van der Waals surface area contributed by atoms with Gasteiger partial charge in [0.25, 0.3) is 5.91 Å². The second-order valence-electron chi connectivity index (χ2n) is 6.80. The standard InChI is InChI=1S/C18H21N7O/c1-11-4-3-7-24(12(11)2)15-5-6-20-18(23-15)14-8-22-16-9-21-13(17(19)26)10-25(14)16/h5-6,8-12H,3-4,7H2,1-2H3,(H2,19,26). The number of piperidine rings is 1. The average molecular weight is 351 g/mol. The van der Waals surface area contributed by atoms with Gasteiger partial charge in [-0.2, -0.15) is 0 Å². The molecule has 0 bridgehead atoms. The van der Waals surface area contributed by atoms with Gasteiger partial charge in [0.05, 0.1) is 12.4 Å². The topological polar surface area (TPSA) is 102 Å². The van der Waals surface area contributed by atoms with Crippen molar-refractivity contribution in [3.8, 4) is 11.5 Å². The Morgan fingerprint density at radius 3 is 2.88 bits per heavy atom. The number of aromatic nitrogens is 5. The number of nitrogens with two attached hydrogens (primary N) is 1. The molecule has 1 amide bonds. The van der Waals surface area contributed by atoms with Crippen LogP contribution in [0.1, 0.15) is 37.2 Å². The molecule has 8 nitrogen and oxygen atoms in total. The normalized spacial score (nSPS) is 20.5. The van der Waals surface area contributed by atoms with Crippen LogP contribution in [0.2, 0.25) is 0 Å².